The molecule has 1 heterocycles. The third-order valence-electron chi connectivity index (χ3n) is 2.59. The molecule has 15 heavy (non-hydrogen) atoms. The summed E-state index contributed by atoms with van der Waals surface area (Å²) in [7, 11) is 0. The second-order valence-electron chi connectivity index (χ2n) is 3.77. The van der Waals surface area contributed by atoms with Crippen LogP contribution in [0.25, 0.3) is 0 Å². The zero-order valence-electron chi connectivity index (χ0n) is 8.53. The average molecular weight is 225 g/mol. The summed E-state index contributed by atoms with van der Waals surface area (Å²) < 4.78 is 5.04. The number of anilines is 1. The SMILES string of the molecule is S=C(Nc1ncco1)NC1CCCCC1. The lowest BCUT2D eigenvalue weighted by atomic mass is 9.96. The number of hydrogen-bond acceptors (Lipinski definition) is 3. The molecular weight excluding hydrogens is 210 g/mol. The van der Waals surface area contributed by atoms with Crippen LogP contribution in [-0.4, -0.2) is 16.1 Å². The van der Waals surface area contributed by atoms with Crippen molar-refractivity contribution in [1.29, 1.82) is 0 Å². The number of rotatable bonds is 2. The molecule has 0 radical (unpaired) electrons. The molecule has 0 amide bonds. The molecule has 1 aromatic rings. The molecule has 0 aliphatic heterocycles. The fourth-order valence-corrected chi connectivity index (χ4v) is 2.10. The predicted molar refractivity (Wildman–Crippen MR) is 62.7 cm³/mol. The lowest BCUT2D eigenvalue weighted by molar-refractivity contribution is 0.414. The van der Waals surface area contributed by atoms with Gasteiger partial charge in [-0.1, -0.05) is 19.3 Å². The highest BCUT2D eigenvalue weighted by Crippen LogP contribution is 2.17. The Morgan fingerprint density at radius 1 is 1.40 bits per heavy atom. The molecule has 0 saturated heterocycles. The molecule has 1 aliphatic carbocycles. The van der Waals surface area contributed by atoms with Gasteiger partial charge in [-0.3, -0.25) is 5.32 Å². The molecule has 1 saturated carbocycles. The van der Waals surface area contributed by atoms with E-state index in [0.717, 1.165) is 0 Å². The van der Waals surface area contributed by atoms with E-state index in [2.05, 4.69) is 15.6 Å². The van der Waals surface area contributed by atoms with Crippen molar-refractivity contribution in [1.82, 2.24) is 10.3 Å². The van der Waals surface area contributed by atoms with E-state index in [1.807, 2.05) is 0 Å². The number of nitrogens with zero attached hydrogens (tertiary/aromatic N) is 1. The number of hydrogen-bond donors (Lipinski definition) is 2. The van der Waals surface area contributed by atoms with Crippen LogP contribution in [0.15, 0.2) is 16.9 Å². The summed E-state index contributed by atoms with van der Waals surface area (Å²) in [6.07, 6.45) is 9.44. The highest BCUT2D eigenvalue weighted by atomic mass is 32.1. The van der Waals surface area contributed by atoms with Crippen molar-refractivity contribution >= 4 is 23.3 Å². The number of thiocarbonyl (C=S) groups is 1. The van der Waals surface area contributed by atoms with Gasteiger partial charge in [-0.05, 0) is 25.1 Å². The molecule has 5 heteroatoms. The molecule has 1 aliphatic rings. The summed E-state index contributed by atoms with van der Waals surface area (Å²) in [6, 6.07) is 0.956. The normalized spacial score (nSPS) is 17.3. The Bertz CT molecular complexity index is 306. The van der Waals surface area contributed by atoms with Crippen LogP contribution < -0.4 is 10.6 Å². The fraction of sp³-hybridized carbons (Fsp3) is 0.600. The number of aromatic nitrogens is 1. The summed E-state index contributed by atoms with van der Waals surface area (Å²) in [5, 5.41) is 6.79. The van der Waals surface area contributed by atoms with E-state index in [1.54, 1.807) is 6.20 Å². The van der Waals surface area contributed by atoms with Crippen molar-refractivity contribution in [3.8, 4) is 0 Å². The molecule has 1 fully saturated rings. The highest BCUT2D eigenvalue weighted by molar-refractivity contribution is 7.80. The molecule has 0 unspecified atom stereocenters. The van der Waals surface area contributed by atoms with E-state index in [9.17, 15) is 0 Å². The van der Waals surface area contributed by atoms with Gasteiger partial charge in [-0.2, -0.15) is 0 Å². The molecule has 2 N–H and O–H groups in total. The minimum absolute atomic E-state index is 0.448. The van der Waals surface area contributed by atoms with Crippen LogP contribution in [0.1, 0.15) is 32.1 Å². The Balaban J connectivity index is 1.76. The van der Waals surface area contributed by atoms with Gasteiger partial charge in [0.25, 0.3) is 0 Å². The van der Waals surface area contributed by atoms with E-state index in [4.69, 9.17) is 16.6 Å². The molecule has 0 aromatic carbocycles. The van der Waals surface area contributed by atoms with Crippen molar-refractivity contribution in [3.05, 3.63) is 12.5 Å². The van der Waals surface area contributed by atoms with Crippen molar-refractivity contribution in [2.45, 2.75) is 38.1 Å². The maximum absolute atomic E-state index is 5.16. The standard InChI is InChI=1S/C10H15N3OS/c15-10(13-9-11-6-7-14-9)12-8-4-2-1-3-5-8/h6-8H,1-5H2,(H2,11,12,13,15). The molecule has 2 rings (SSSR count). The van der Waals surface area contributed by atoms with Crippen LogP contribution in [0, 0.1) is 0 Å². The first-order valence-electron chi connectivity index (χ1n) is 5.31. The molecule has 0 spiro atoms. The van der Waals surface area contributed by atoms with Crippen LogP contribution in [0.2, 0.25) is 0 Å². The Morgan fingerprint density at radius 3 is 2.87 bits per heavy atom. The molecule has 0 bridgehead atoms. The Hall–Kier alpha value is -1.10. The quantitative estimate of drug-likeness (QED) is 0.756. The van der Waals surface area contributed by atoms with E-state index < -0.39 is 0 Å². The van der Waals surface area contributed by atoms with Gasteiger partial charge in [0, 0.05) is 6.04 Å². The zero-order chi connectivity index (χ0) is 10.5. The smallest absolute Gasteiger partial charge is 0.300 e. The minimum Gasteiger partial charge on any atom is -0.432 e. The maximum Gasteiger partial charge on any atom is 0.300 e. The summed E-state index contributed by atoms with van der Waals surface area (Å²) in [5.41, 5.74) is 0. The van der Waals surface area contributed by atoms with E-state index in [1.165, 1.54) is 38.4 Å². The Morgan fingerprint density at radius 2 is 2.20 bits per heavy atom. The van der Waals surface area contributed by atoms with Crippen molar-refractivity contribution < 1.29 is 4.42 Å². The Labute approximate surface area is 94.5 Å². The average Bonchev–Trinajstić information content (AvgIpc) is 2.71. The molecule has 4 nitrogen and oxygen atoms in total. The number of nitrogens with one attached hydrogen (secondary N) is 2. The van der Waals surface area contributed by atoms with Gasteiger partial charge in [0.15, 0.2) is 5.11 Å². The molecule has 82 valence electrons. The molecular formula is C10H15N3OS. The maximum atomic E-state index is 5.16. The van der Waals surface area contributed by atoms with Gasteiger partial charge in [0.05, 0.1) is 6.20 Å². The third kappa shape index (κ3) is 3.20. The molecule has 0 atom stereocenters. The largest absolute Gasteiger partial charge is 0.432 e. The van der Waals surface area contributed by atoms with Crippen LogP contribution >= 0.6 is 12.2 Å². The predicted octanol–water partition coefficient (Wildman–Crippen LogP) is 2.29. The fourth-order valence-electron chi connectivity index (χ4n) is 1.85. The van der Waals surface area contributed by atoms with Crippen LogP contribution in [0.4, 0.5) is 6.01 Å². The van der Waals surface area contributed by atoms with Gasteiger partial charge in [0.2, 0.25) is 0 Å². The lowest BCUT2D eigenvalue weighted by Gasteiger charge is -2.23. The summed E-state index contributed by atoms with van der Waals surface area (Å²) in [5.74, 6) is 0. The Kier molecular flexibility index (Phi) is 3.55. The van der Waals surface area contributed by atoms with Gasteiger partial charge in [0.1, 0.15) is 6.26 Å². The first-order valence-corrected chi connectivity index (χ1v) is 5.72. The zero-order valence-corrected chi connectivity index (χ0v) is 9.35. The summed E-state index contributed by atoms with van der Waals surface area (Å²) in [4.78, 5) is 3.94. The van der Waals surface area contributed by atoms with Crippen LogP contribution in [0.5, 0.6) is 0 Å². The summed E-state index contributed by atoms with van der Waals surface area (Å²) >= 11 is 5.16. The van der Waals surface area contributed by atoms with Gasteiger partial charge >= 0.3 is 6.01 Å². The number of oxazole rings is 1. The first kappa shape index (κ1) is 10.4. The third-order valence-corrected chi connectivity index (χ3v) is 2.81. The van der Waals surface area contributed by atoms with E-state index in [0.29, 0.717) is 17.2 Å². The van der Waals surface area contributed by atoms with Crippen molar-refractivity contribution in [3.63, 3.8) is 0 Å². The first-order chi connectivity index (χ1) is 7.34. The highest BCUT2D eigenvalue weighted by Gasteiger charge is 2.14. The lowest BCUT2D eigenvalue weighted by Crippen LogP contribution is -2.38. The minimum atomic E-state index is 0.448. The second-order valence-corrected chi connectivity index (χ2v) is 4.18. The van der Waals surface area contributed by atoms with E-state index >= 15 is 0 Å². The van der Waals surface area contributed by atoms with Crippen molar-refractivity contribution in [2.24, 2.45) is 0 Å². The van der Waals surface area contributed by atoms with Gasteiger partial charge in [-0.15, -0.1) is 0 Å². The molecule has 1 aromatic heterocycles. The second kappa shape index (κ2) is 5.11. The topological polar surface area (TPSA) is 50.1 Å². The van der Waals surface area contributed by atoms with Crippen LogP contribution in [-0.2, 0) is 0 Å². The van der Waals surface area contributed by atoms with Gasteiger partial charge < -0.3 is 9.73 Å². The van der Waals surface area contributed by atoms with E-state index in [-0.39, 0.29) is 0 Å². The monoisotopic (exact) mass is 225 g/mol. The van der Waals surface area contributed by atoms with Crippen LogP contribution in [0.3, 0.4) is 0 Å². The van der Waals surface area contributed by atoms with Crippen molar-refractivity contribution in [2.75, 3.05) is 5.32 Å². The summed E-state index contributed by atoms with van der Waals surface area (Å²) in [6.45, 7) is 0. The van der Waals surface area contributed by atoms with Gasteiger partial charge in [-0.25, -0.2) is 4.98 Å².